The van der Waals surface area contributed by atoms with Gasteiger partial charge in [0, 0.05) is 19.0 Å². The molecule has 1 amide bonds. The van der Waals surface area contributed by atoms with E-state index in [1.165, 1.54) is 0 Å². The maximum atomic E-state index is 12.3. The van der Waals surface area contributed by atoms with Crippen LogP contribution in [-0.4, -0.2) is 41.8 Å². The van der Waals surface area contributed by atoms with E-state index in [1.807, 2.05) is 0 Å². The fourth-order valence-electron chi connectivity index (χ4n) is 3.01. The lowest BCUT2D eigenvalue weighted by molar-refractivity contribution is -0.137. The number of Topliss-reactive ketones (excluding diaryl/α,β-unsaturated/α-hetero) is 1. The molecule has 0 aromatic heterocycles. The maximum Gasteiger partial charge on any atom is 0.228 e. The third-order valence-corrected chi connectivity index (χ3v) is 3.90. The Bertz CT molecular complexity index is 360. The molecule has 0 aromatic carbocycles. The number of nitrogens with one attached hydrogen (secondary N) is 1. The first-order valence-corrected chi connectivity index (χ1v) is 5.96. The first-order valence-electron chi connectivity index (χ1n) is 5.96. The van der Waals surface area contributed by atoms with E-state index < -0.39 is 0 Å². The van der Waals surface area contributed by atoms with Crippen LogP contribution in [0.3, 0.4) is 0 Å². The lowest BCUT2D eigenvalue weighted by Gasteiger charge is -2.27. The van der Waals surface area contributed by atoms with Crippen LogP contribution in [0.5, 0.6) is 0 Å². The predicted molar refractivity (Wildman–Crippen MR) is 58.8 cm³/mol. The molecule has 0 saturated carbocycles. The topological polar surface area (TPSA) is 49.4 Å². The summed E-state index contributed by atoms with van der Waals surface area (Å²) in [5.74, 6) is 0.418. The number of amides is 1. The smallest absolute Gasteiger partial charge is 0.228 e. The van der Waals surface area contributed by atoms with Gasteiger partial charge in [0.15, 0.2) is 5.78 Å². The van der Waals surface area contributed by atoms with Gasteiger partial charge in [-0.2, -0.15) is 0 Å². The molecular formula is C12H16N2O2. The van der Waals surface area contributed by atoms with Gasteiger partial charge in [-0.05, 0) is 12.8 Å². The van der Waals surface area contributed by atoms with Gasteiger partial charge in [0.2, 0.25) is 5.91 Å². The van der Waals surface area contributed by atoms with Crippen molar-refractivity contribution in [3.05, 3.63) is 12.2 Å². The average molecular weight is 220 g/mol. The number of rotatable bonds is 0. The van der Waals surface area contributed by atoms with Crippen LogP contribution in [0.25, 0.3) is 0 Å². The molecule has 0 bridgehead atoms. The molecule has 4 nitrogen and oxygen atoms in total. The van der Waals surface area contributed by atoms with E-state index in [4.69, 9.17) is 0 Å². The predicted octanol–water partition coefficient (Wildman–Crippen LogP) is 0.0944. The summed E-state index contributed by atoms with van der Waals surface area (Å²) in [4.78, 5) is 25.5. The van der Waals surface area contributed by atoms with Gasteiger partial charge in [0.1, 0.15) is 0 Å². The maximum absolute atomic E-state index is 12.3. The SMILES string of the molecule is O=C1CC2CNC3CC=CCC3C(=O)N2C1. The second-order valence-corrected chi connectivity index (χ2v) is 4.93. The van der Waals surface area contributed by atoms with E-state index in [0.717, 1.165) is 19.4 Å². The van der Waals surface area contributed by atoms with E-state index in [2.05, 4.69) is 17.5 Å². The number of carbonyl (C=O) groups is 2. The molecule has 2 fully saturated rings. The van der Waals surface area contributed by atoms with Crippen LogP contribution in [0, 0.1) is 5.92 Å². The van der Waals surface area contributed by atoms with Gasteiger partial charge in [-0.15, -0.1) is 0 Å². The lowest BCUT2D eigenvalue weighted by atomic mass is 9.88. The first kappa shape index (κ1) is 10.0. The number of fused-ring (bicyclic) bond motifs is 2. The normalized spacial score (nSPS) is 38.2. The van der Waals surface area contributed by atoms with E-state index in [1.54, 1.807) is 4.90 Å². The van der Waals surface area contributed by atoms with E-state index in [9.17, 15) is 9.59 Å². The standard InChI is InChI=1S/C12H16N2O2/c15-9-5-8-6-13-11-4-2-1-3-10(11)12(16)14(8)7-9/h1-2,8,10-11,13H,3-7H2. The van der Waals surface area contributed by atoms with Crippen molar-refractivity contribution >= 4 is 11.7 Å². The highest BCUT2D eigenvalue weighted by Gasteiger charge is 2.42. The van der Waals surface area contributed by atoms with Gasteiger partial charge in [-0.3, -0.25) is 9.59 Å². The van der Waals surface area contributed by atoms with Crippen molar-refractivity contribution in [2.45, 2.75) is 31.3 Å². The molecule has 0 aromatic rings. The Kier molecular flexibility index (Phi) is 2.32. The molecule has 4 heteroatoms. The third kappa shape index (κ3) is 1.48. The lowest BCUT2D eigenvalue weighted by Crippen LogP contribution is -2.42. The van der Waals surface area contributed by atoms with Gasteiger partial charge in [0.05, 0.1) is 18.5 Å². The van der Waals surface area contributed by atoms with Crippen LogP contribution in [-0.2, 0) is 9.59 Å². The summed E-state index contributed by atoms with van der Waals surface area (Å²) >= 11 is 0. The Morgan fingerprint density at radius 1 is 1.25 bits per heavy atom. The molecule has 0 radical (unpaired) electrons. The number of ketones is 1. The van der Waals surface area contributed by atoms with Crippen LogP contribution < -0.4 is 5.32 Å². The van der Waals surface area contributed by atoms with Gasteiger partial charge >= 0.3 is 0 Å². The van der Waals surface area contributed by atoms with E-state index in [0.29, 0.717) is 13.0 Å². The van der Waals surface area contributed by atoms with Gasteiger partial charge < -0.3 is 10.2 Å². The largest absolute Gasteiger partial charge is 0.330 e. The Morgan fingerprint density at radius 3 is 2.94 bits per heavy atom. The quantitative estimate of drug-likeness (QED) is 0.589. The van der Waals surface area contributed by atoms with Gasteiger partial charge in [-0.1, -0.05) is 12.2 Å². The molecule has 1 N–H and O–H groups in total. The minimum atomic E-state index is 0.0425. The van der Waals surface area contributed by atoms with Crippen LogP contribution >= 0.6 is 0 Å². The number of hydrogen-bond donors (Lipinski definition) is 1. The second-order valence-electron chi connectivity index (χ2n) is 4.93. The number of allylic oxidation sites excluding steroid dienone is 1. The molecule has 16 heavy (non-hydrogen) atoms. The number of carbonyl (C=O) groups excluding carboxylic acids is 2. The molecule has 3 atom stereocenters. The molecule has 2 saturated heterocycles. The number of hydrogen-bond acceptors (Lipinski definition) is 3. The van der Waals surface area contributed by atoms with Crippen LogP contribution in [0.4, 0.5) is 0 Å². The second kappa shape index (κ2) is 3.70. The zero-order chi connectivity index (χ0) is 11.1. The summed E-state index contributed by atoms with van der Waals surface area (Å²) < 4.78 is 0. The summed E-state index contributed by atoms with van der Waals surface area (Å²) in [6, 6.07) is 0.379. The van der Waals surface area contributed by atoms with Crippen molar-refractivity contribution in [2.24, 2.45) is 5.92 Å². The summed E-state index contributed by atoms with van der Waals surface area (Å²) in [5.41, 5.74) is 0. The third-order valence-electron chi connectivity index (χ3n) is 3.90. The summed E-state index contributed by atoms with van der Waals surface area (Å²) in [6.07, 6.45) is 6.51. The van der Waals surface area contributed by atoms with E-state index >= 15 is 0 Å². The molecular weight excluding hydrogens is 204 g/mol. The van der Waals surface area contributed by atoms with Crippen molar-refractivity contribution in [1.82, 2.24) is 10.2 Å². The zero-order valence-electron chi connectivity index (χ0n) is 9.19. The Labute approximate surface area is 94.7 Å². The van der Waals surface area contributed by atoms with E-state index in [-0.39, 0.29) is 29.7 Å². The van der Waals surface area contributed by atoms with Crippen molar-refractivity contribution in [1.29, 1.82) is 0 Å². The summed E-state index contributed by atoms with van der Waals surface area (Å²) in [6.45, 7) is 1.10. The van der Waals surface area contributed by atoms with Gasteiger partial charge in [0.25, 0.3) is 0 Å². The first-order chi connectivity index (χ1) is 7.75. The van der Waals surface area contributed by atoms with Crippen molar-refractivity contribution in [2.75, 3.05) is 13.1 Å². The summed E-state index contributed by atoms with van der Waals surface area (Å²) in [7, 11) is 0. The van der Waals surface area contributed by atoms with Crippen LogP contribution in [0.2, 0.25) is 0 Å². The fourth-order valence-corrected chi connectivity index (χ4v) is 3.01. The average Bonchev–Trinajstić information content (AvgIpc) is 2.62. The molecule has 1 aliphatic carbocycles. The monoisotopic (exact) mass is 220 g/mol. The molecule has 3 unspecified atom stereocenters. The van der Waals surface area contributed by atoms with Crippen molar-refractivity contribution in [3.63, 3.8) is 0 Å². The van der Waals surface area contributed by atoms with Crippen LogP contribution in [0.1, 0.15) is 19.3 Å². The Balaban J connectivity index is 1.86. The highest BCUT2D eigenvalue weighted by atomic mass is 16.2. The fraction of sp³-hybridized carbons (Fsp3) is 0.667. The highest BCUT2D eigenvalue weighted by Crippen LogP contribution is 2.28. The zero-order valence-corrected chi connectivity index (χ0v) is 9.19. The number of nitrogens with zero attached hydrogens (tertiary/aromatic N) is 1. The molecule has 2 aliphatic heterocycles. The molecule has 86 valence electrons. The van der Waals surface area contributed by atoms with Crippen molar-refractivity contribution < 1.29 is 9.59 Å². The van der Waals surface area contributed by atoms with Crippen molar-refractivity contribution in [3.8, 4) is 0 Å². The minimum absolute atomic E-state index is 0.0425. The highest BCUT2D eigenvalue weighted by molar-refractivity contribution is 5.91. The summed E-state index contributed by atoms with van der Waals surface area (Å²) in [5, 5.41) is 3.44. The van der Waals surface area contributed by atoms with Crippen LogP contribution in [0.15, 0.2) is 12.2 Å². The minimum Gasteiger partial charge on any atom is -0.330 e. The molecule has 3 rings (SSSR count). The molecule has 0 spiro atoms. The van der Waals surface area contributed by atoms with Gasteiger partial charge in [-0.25, -0.2) is 0 Å². The molecule has 2 heterocycles. The Hall–Kier alpha value is -1.16. The Morgan fingerprint density at radius 2 is 2.06 bits per heavy atom. The molecule has 3 aliphatic rings.